The summed E-state index contributed by atoms with van der Waals surface area (Å²) in [5.74, 6) is 1.08. The van der Waals surface area contributed by atoms with Crippen LogP contribution in [0.4, 0.5) is 0 Å². The monoisotopic (exact) mass is 212 g/mol. The van der Waals surface area contributed by atoms with Crippen LogP contribution in [0.1, 0.15) is 36.4 Å². The Hall–Kier alpha value is -0.830. The number of methoxy groups -OCH3 is 1. The van der Waals surface area contributed by atoms with Gasteiger partial charge in [0.2, 0.25) is 0 Å². The van der Waals surface area contributed by atoms with Crippen molar-refractivity contribution in [3.05, 3.63) is 16.3 Å². The Balaban J connectivity index is 2.87. The minimum absolute atomic E-state index is 0.141. The largest absolute Gasteiger partial charge is 0.495 e. The predicted molar refractivity (Wildman–Crippen MR) is 59.3 cm³/mol. The summed E-state index contributed by atoms with van der Waals surface area (Å²) in [5.41, 5.74) is 0. The van der Waals surface area contributed by atoms with Gasteiger partial charge in [0.15, 0.2) is 5.78 Å². The number of Topliss-reactive ketones (excluding diaryl/α,β-unsaturated/α-hetero) is 1. The lowest BCUT2D eigenvalue weighted by Gasteiger charge is -2.10. The summed E-state index contributed by atoms with van der Waals surface area (Å²) in [6.45, 7) is 4.10. The maximum absolute atomic E-state index is 12.0. The van der Waals surface area contributed by atoms with Crippen LogP contribution in [-0.4, -0.2) is 12.9 Å². The lowest BCUT2D eigenvalue weighted by Crippen LogP contribution is -2.12. The lowest BCUT2D eigenvalue weighted by molar-refractivity contribution is 0.0915. The second kappa shape index (κ2) is 5.15. The number of rotatable bonds is 5. The third-order valence-electron chi connectivity index (χ3n) is 2.43. The molecule has 1 rings (SSSR count). The van der Waals surface area contributed by atoms with Gasteiger partial charge >= 0.3 is 0 Å². The van der Waals surface area contributed by atoms with E-state index in [2.05, 4.69) is 0 Å². The molecule has 0 aliphatic heterocycles. The highest BCUT2D eigenvalue weighted by Crippen LogP contribution is 2.28. The number of ketones is 1. The van der Waals surface area contributed by atoms with Gasteiger partial charge in [-0.05, 0) is 24.3 Å². The number of carbonyl (C=O) groups is 1. The van der Waals surface area contributed by atoms with Gasteiger partial charge in [0.05, 0.1) is 7.11 Å². The van der Waals surface area contributed by atoms with E-state index in [1.54, 1.807) is 7.11 Å². The maximum atomic E-state index is 12.0. The van der Waals surface area contributed by atoms with E-state index < -0.39 is 0 Å². The molecule has 1 heterocycles. The van der Waals surface area contributed by atoms with Crippen LogP contribution in [0.15, 0.2) is 11.4 Å². The predicted octanol–water partition coefficient (Wildman–Crippen LogP) is 3.38. The first-order chi connectivity index (χ1) is 6.74. The Morgan fingerprint density at radius 1 is 1.50 bits per heavy atom. The molecule has 14 heavy (non-hydrogen) atoms. The van der Waals surface area contributed by atoms with Crippen molar-refractivity contribution in [2.75, 3.05) is 7.11 Å². The molecule has 0 spiro atoms. The molecule has 0 saturated carbocycles. The van der Waals surface area contributed by atoms with Gasteiger partial charge in [0.1, 0.15) is 10.6 Å². The average Bonchev–Trinajstić information content (AvgIpc) is 2.67. The van der Waals surface area contributed by atoms with Crippen LogP contribution in [0.2, 0.25) is 0 Å². The molecule has 0 unspecified atom stereocenters. The number of hydrogen-bond acceptors (Lipinski definition) is 3. The molecule has 0 aromatic carbocycles. The van der Waals surface area contributed by atoms with Gasteiger partial charge < -0.3 is 4.74 Å². The fraction of sp³-hybridized carbons (Fsp3) is 0.545. The van der Waals surface area contributed by atoms with Gasteiger partial charge in [-0.25, -0.2) is 0 Å². The molecule has 78 valence electrons. The highest BCUT2D eigenvalue weighted by Gasteiger charge is 2.20. The van der Waals surface area contributed by atoms with E-state index in [9.17, 15) is 4.79 Å². The average molecular weight is 212 g/mol. The van der Waals surface area contributed by atoms with Gasteiger partial charge in [0.25, 0.3) is 0 Å². The van der Waals surface area contributed by atoms with Gasteiger partial charge in [-0.15, -0.1) is 11.3 Å². The zero-order valence-corrected chi connectivity index (χ0v) is 9.69. The Kier molecular flexibility index (Phi) is 4.14. The van der Waals surface area contributed by atoms with Crippen LogP contribution in [0.3, 0.4) is 0 Å². The van der Waals surface area contributed by atoms with Crippen molar-refractivity contribution in [3.8, 4) is 5.75 Å². The summed E-state index contributed by atoms with van der Waals surface area (Å²) < 4.78 is 5.14. The standard InChI is InChI=1S/C11H16O2S/c1-4-8(5-2)10(12)11-9(13-3)6-7-14-11/h6-8H,4-5H2,1-3H3. The summed E-state index contributed by atoms with van der Waals surface area (Å²) in [4.78, 5) is 12.7. The molecule has 2 nitrogen and oxygen atoms in total. The molecule has 1 aromatic heterocycles. The normalized spacial score (nSPS) is 10.6. The van der Waals surface area contributed by atoms with E-state index in [4.69, 9.17) is 4.74 Å². The molecule has 0 bridgehead atoms. The SMILES string of the molecule is CCC(CC)C(=O)c1sccc1OC. The smallest absolute Gasteiger partial charge is 0.179 e. The van der Waals surface area contributed by atoms with Crippen molar-refractivity contribution in [2.24, 2.45) is 5.92 Å². The molecular weight excluding hydrogens is 196 g/mol. The molecule has 0 aliphatic rings. The topological polar surface area (TPSA) is 26.3 Å². The molecule has 0 fully saturated rings. The minimum atomic E-state index is 0.141. The first-order valence-corrected chi connectivity index (χ1v) is 5.78. The third-order valence-corrected chi connectivity index (χ3v) is 3.34. The van der Waals surface area contributed by atoms with Crippen molar-refractivity contribution >= 4 is 17.1 Å². The van der Waals surface area contributed by atoms with Crippen LogP contribution in [0.25, 0.3) is 0 Å². The van der Waals surface area contributed by atoms with Gasteiger partial charge in [-0.2, -0.15) is 0 Å². The quantitative estimate of drug-likeness (QED) is 0.699. The second-order valence-corrected chi connectivity index (χ2v) is 4.11. The maximum Gasteiger partial charge on any atom is 0.179 e. The summed E-state index contributed by atoms with van der Waals surface area (Å²) in [6, 6.07) is 1.85. The molecule has 0 N–H and O–H groups in total. The summed E-state index contributed by atoms with van der Waals surface area (Å²) >= 11 is 1.47. The van der Waals surface area contributed by atoms with Crippen molar-refractivity contribution in [2.45, 2.75) is 26.7 Å². The lowest BCUT2D eigenvalue weighted by atomic mass is 9.97. The van der Waals surface area contributed by atoms with E-state index in [0.29, 0.717) is 5.75 Å². The van der Waals surface area contributed by atoms with E-state index in [0.717, 1.165) is 17.7 Å². The second-order valence-electron chi connectivity index (χ2n) is 3.20. The number of carbonyl (C=O) groups excluding carboxylic acids is 1. The highest BCUT2D eigenvalue weighted by molar-refractivity contribution is 7.12. The fourth-order valence-electron chi connectivity index (χ4n) is 1.48. The Morgan fingerprint density at radius 3 is 2.64 bits per heavy atom. The number of ether oxygens (including phenoxy) is 1. The molecule has 0 amide bonds. The Bertz CT molecular complexity index is 300. The number of hydrogen-bond donors (Lipinski definition) is 0. The molecular formula is C11H16O2S. The molecule has 0 saturated heterocycles. The summed E-state index contributed by atoms with van der Waals surface area (Å²) in [7, 11) is 1.60. The highest BCUT2D eigenvalue weighted by atomic mass is 32.1. The van der Waals surface area contributed by atoms with Crippen LogP contribution < -0.4 is 4.74 Å². The third kappa shape index (κ3) is 2.15. The summed E-state index contributed by atoms with van der Waals surface area (Å²) in [5, 5.41) is 1.90. The molecule has 3 heteroatoms. The van der Waals surface area contributed by atoms with Gasteiger partial charge in [-0.1, -0.05) is 13.8 Å². The van der Waals surface area contributed by atoms with E-state index >= 15 is 0 Å². The van der Waals surface area contributed by atoms with E-state index in [1.807, 2.05) is 25.3 Å². The Labute approximate surface area is 88.9 Å². The fourth-order valence-corrected chi connectivity index (χ4v) is 2.36. The zero-order chi connectivity index (χ0) is 10.6. The molecule has 0 atom stereocenters. The van der Waals surface area contributed by atoms with Crippen molar-refractivity contribution in [1.82, 2.24) is 0 Å². The first-order valence-electron chi connectivity index (χ1n) is 4.90. The summed E-state index contributed by atoms with van der Waals surface area (Å²) in [6.07, 6.45) is 1.80. The minimum Gasteiger partial charge on any atom is -0.495 e. The van der Waals surface area contributed by atoms with Gasteiger partial charge in [-0.3, -0.25) is 4.79 Å². The van der Waals surface area contributed by atoms with Crippen LogP contribution >= 0.6 is 11.3 Å². The first kappa shape index (κ1) is 11.2. The Morgan fingerprint density at radius 2 is 2.14 bits per heavy atom. The van der Waals surface area contributed by atoms with Crippen molar-refractivity contribution < 1.29 is 9.53 Å². The molecule has 1 aromatic rings. The van der Waals surface area contributed by atoms with E-state index in [1.165, 1.54) is 11.3 Å². The molecule has 0 aliphatic carbocycles. The van der Waals surface area contributed by atoms with Crippen LogP contribution in [0, 0.1) is 5.92 Å². The number of thiophene rings is 1. The van der Waals surface area contributed by atoms with Crippen molar-refractivity contribution in [1.29, 1.82) is 0 Å². The van der Waals surface area contributed by atoms with Crippen molar-refractivity contribution in [3.63, 3.8) is 0 Å². The van der Waals surface area contributed by atoms with Crippen LogP contribution in [-0.2, 0) is 0 Å². The zero-order valence-electron chi connectivity index (χ0n) is 8.87. The van der Waals surface area contributed by atoms with Gasteiger partial charge in [0, 0.05) is 5.92 Å². The molecule has 0 radical (unpaired) electrons. The van der Waals surface area contributed by atoms with E-state index in [-0.39, 0.29) is 11.7 Å². The van der Waals surface area contributed by atoms with Crippen LogP contribution in [0.5, 0.6) is 5.75 Å².